The van der Waals surface area contributed by atoms with Crippen molar-refractivity contribution in [2.75, 3.05) is 45.2 Å². The third-order valence-electron chi connectivity index (χ3n) is 5.81. The van der Waals surface area contributed by atoms with Crippen LogP contribution in [0.4, 0.5) is 5.69 Å². The standard InChI is InChI=1S/C27H31N3O2/c1-29(27(23-8-4-2-5-9-23)24-10-6-3-7-11-24)21-26(31)28-25-14-12-22(13-15-25)20-30-16-18-32-19-17-30/h2-15,27H,16-21H2,1H3,(H,28,31). The van der Waals surface area contributed by atoms with Gasteiger partial charge in [0.2, 0.25) is 5.91 Å². The number of morpholine rings is 1. The molecule has 1 heterocycles. The fourth-order valence-corrected chi connectivity index (χ4v) is 4.20. The highest BCUT2D eigenvalue weighted by atomic mass is 16.5. The minimum atomic E-state index is -0.0229. The lowest BCUT2D eigenvalue weighted by molar-refractivity contribution is -0.117. The van der Waals surface area contributed by atoms with Crippen LogP contribution in [0.2, 0.25) is 0 Å². The summed E-state index contributed by atoms with van der Waals surface area (Å²) in [5.41, 5.74) is 4.41. The SMILES string of the molecule is CN(CC(=O)Nc1ccc(CN2CCOCC2)cc1)C(c1ccccc1)c1ccccc1. The summed E-state index contributed by atoms with van der Waals surface area (Å²) in [5.74, 6) is -0.0229. The van der Waals surface area contributed by atoms with Gasteiger partial charge in [-0.1, -0.05) is 72.8 Å². The maximum Gasteiger partial charge on any atom is 0.238 e. The van der Waals surface area contributed by atoms with E-state index in [1.807, 2.05) is 55.6 Å². The molecule has 0 atom stereocenters. The van der Waals surface area contributed by atoms with Gasteiger partial charge in [-0.3, -0.25) is 14.6 Å². The number of nitrogens with zero attached hydrogens (tertiary/aromatic N) is 2. The number of carbonyl (C=O) groups is 1. The number of amides is 1. The van der Waals surface area contributed by atoms with Crippen molar-refractivity contribution in [1.29, 1.82) is 0 Å². The Labute approximate surface area is 190 Å². The maximum absolute atomic E-state index is 12.8. The molecule has 32 heavy (non-hydrogen) atoms. The number of hydrogen-bond donors (Lipinski definition) is 1. The van der Waals surface area contributed by atoms with Crippen LogP contribution in [-0.2, 0) is 16.1 Å². The molecule has 0 aliphatic carbocycles. The third-order valence-corrected chi connectivity index (χ3v) is 5.81. The van der Waals surface area contributed by atoms with Crippen LogP contribution in [0.15, 0.2) is 84.9 Å². The van der Waals surface area contributed by atoms with E-state index in [0.29, 0.717) is 6.54 Å². The second-order valence-corrected chi connectivity index (χ2v) is 8.27. The zero-order chi connectivity index (χ0) is 22.2. The molecule has 0 unspecified atom stereocenters. The van der Waals surface area contributed by atoms with E-state index >= 15 is 0 Å². The topological polar surface area (TPSA) is 44.8 Å². The second kappa shape index (κ2) is 11.0. The van der Waals surface area contributed by atoms with Crippen molar-refractivity contribution in [2.45, 2.75) is 12.6 Å². The number of carbonyl (C=O) groups excluding carboxylic acids is 1. The van der Waals surface area contributed by atoms with Crippen LogP contribution in [0.1, 0.15) is 22.7 Å². The molecule has 4 rings (SSSR count). The average Bonchev–Trinajstić information content (AvgIpc) is 2.82. The van der Waals surface area contributed by atoms with Crippen LogP contribution in [-0.4, -0.2) is 55.6 Å². The van der Waals surface area contributed by atoms with E-state index in [1.165, 1.54) is 16.7 Å². The van der Waals surface area contributed by atoms with Crippen LogP contribution in [0.5, 0.6) is 0 Å². The van der Waals surface area contributed by atoms with Crippen LogP contribution < -0.4 is 5.32 Å². The molecule has 3 aromatic carbocycles. The van der Waals surface area contributed by atoms with Gasteiger partial charge in [-0.05, 0) is 35.9 Å². The predicted octanol–water partition coefficient (Wildman–Crippen LogP) is 4.18. The van der Waals surface area contributed by atoms with Crippen LogP contribution in [0, 0.1) is 0 Å². The summed E-state index contributed by atoms with van der Waals surface area (Å²) in [5, 5.41) is 3.05. The summed E-state index contributed by atoms with van der Waals surface area (Å²) in [7, 11) is 2.00. The van der Waals surface area contributed by atoms with Gasteiger partial charge >= 0.3 is 0 Å². The summed E-state index contributed by atoms with van der Waals surface area (Å²) < 4.78 is 5.41. The van der Waals surface area contributed by atoms with Gasteiger partial charge in [-0.15, -0.1) is 0 Å². The molecule has 1 N–H and O–H groups in total. The van der Waals surface area contributed by atoms with E-state index in [4.69, 9.17) is 4.74 Å². The Kier molecular flexibility index (Phi) is 7.67. The summed E-state index contributed by atoms with van der Waals surface area (Å²) in [6.07, 6.45) is 0. The van der Waals surface area contributed by atoms with Crippen LogP contribution >= 0.6 is 0 Å². The highest BCUT2D eigenvalue weighted by molar-refractivity contribution is 5.92. The van der Waals surface area contributed by atoms with Gasteiger partial charge in [-0.25, -0.2) is 0 Å². The second-order valence-electron chi connectivity index (χ2n) is 8.27. The van der Waals surface area contributed by atoms with Gasteiger partial charge in [0.25, 0.3) is 0 Å². The van der Waals surface area contributed by atoms with E-state index in [-0.39, 0.29) is 11.9 Å². The van der Waals surface area contributed by atoms with Gasteiger partial charge in [0.15, 0.2) is 0 Å². The number of rotatable bonds is 8. The maximum atomic E-state index is 12.8. The minimum Gasteiger partial charge on any atom is -0.379 e. The quantitative estimate of drug-likeness (QED) is 0.584. The van der Waals surface area contributed by atoms with Crippen molar-refractivity contribution in [1.82, 2.24) is 9.80 Å². The minimum absolute atomic E-state index is 0.0130. The first kappa shape index (κ1) is 22.2. The molecule has 1 saturated heterocycles. The Balaban J connectivity index is 1.38. The van der Waals surface area contributed by atoms with Crippen molar-refractivity contribution < 1.29 is 9.53 Å². The third kappa shape index (κ3) is 6.04. The molecule has 5 nitrogen and oxygen atoms in total. The molecular weight excluding hydrogens is 398 g/mol. The highest BCUT2D eigenvalue weighted by Gasteiger charge is 2.21. The lowest BCUT2D eigenvalue weighted by Gasteiger charge is -2.28. The van der Waals surface area contributed by atoms with Crippen molar-refractivity contribution in [3.05, 3.63) is 102 Å². The molecule has 1 aliphatic rings. The van der Waals surface area contributed by atoms with Crippen molar-refractivity contribution in [3.63, 3.8) is 0 Å². The fourth-order valence-electron chi connectivity index (χ4n) is 4.20. The first-order valence-corrected chi connectivity index (χ1v) is 11.2. The first-order valence-electron chi connectivity index (χ1n) is 11.2. The van der Waals surface area contributed by atoms with Crippen molar-refractivity contribution in [3.8, 4) is 0 Å². The normalized spacial score (nSPS) is 14.6. The summed E-state index contributed by atoms with van der Waals surface area (Å²) in [4.78, 5) is 17.3. The molecule has 166 valence electrons. The van der Waals surface area contributed by atoms with E-state index < -0.39 is 0 Å². The summed E-state index contributed by atoms with van der Waals surface area (Å²) in [6.45, 7) is 4.74. The Bertz CT molecular complexity index is 931. The molecule has 5 heteroatoms. The monoisotopic (exact) mass is 429 g/mol. The molecule has 3 aromatic rings. The molecular formula is C27H31N3O2. The predicted molar refractivity (Wildman–Crippen MR) is 129 cm³/mol. The molecule has 1 fully saturated rings. The number of nitrogens with one attached hydrogen (secondary N) is 1. The molecule has 0 aromatic heterocycles. The Hall–Kier alpha value is -2.99. The van der Waals surface area contributed by atoms with Gasteiger partial charge in [-0.2, -0.15) is 0 Å². The van der Waals surface area contributed by atoms with Gasteiger partial charge in [0, 0.05) is 25.3 Å². The molecule has 0 spiro atoms. The van der Waals surface area contributed by atoms with E-state index in [2.05, 4.69) is 51.5 Å². The zero-order valence-electron chi connectivity index (χ0n) is 18.6. The van der Waals surface area contributed by atoms with Crippen LogP contribution in [0.3, 0.4) is 0 Å². The number of ether oxygens (including phenoxy) is 1. The summed E-state index contributed by atoms with van der Waals surface area (Å²) in [6, 6.07) is 28.8. The van der Waals surface area contributed by atoms with Crippen molar-refractivity contribution >= 4 is 11.6 Å². The fraction of sp³-hybridized carbons (Fsp3) is 0.296. The average molecular weight is 430 g/mol. The zero-order valence-corrected chi connectivity index (χ0v) is 18.6. The smallest absolute Gasteiger partial charge is 0.238 e. The lowest BCUT2D eigenvalue weighted by Crippen LogP contribution is -2.35. The Morgan fingerprint density at radius 2 is 1.47 bits per heavy atom. The first-order chi connectivity index (χ1) is 15.7. The van der Waals surface area contributed by atoms with E-state index in [9.17, 15) is 4.79 Å². The highest BCUT2D eigenvalue weighted by Crippen LogP contribution is 2.27. The molecule has 1 amide bonds. The van der Waals surface area contributed by atoms with Crippen LogP contribution in [0.25, 0.3) is 0 Å². The number of hydrogen-bond acceptors (Lipinski definition) is 4. The molecule has 1 aliphatic heterocycles. The Morgan fingerprint density at radius 1 is 0.906 bits per heavy atom. The number of likely N-dealkylation sites (N-methyl/N-ethyl adjacent to an activating group) is 1. The lowest BCUT2D eigenvalue weighted by atomic mass is 9.97. The number of benzene rings is 3. The van der Waals surface area contributed by atoms with E-state index in [0.717, 1.165) is 38.5 Å². The molecule has 0 saturated carbocycles. The van der Waals surface area contributed by atoms with E-state index in [1.54, 1.807) is 0 Å². The molecule has 0 radical (unpaired) electrons. The van der Waals surface area contributed by atoms with Gasteiger partial charge < -0.3 is 10.1 Å². The largest absolute Gasteiger partial charge is 0.379 e. The molecule has 0 bridgehead atoms. The van der Waals surface area contributed by atoms with Crippen molar-refractivity contribution in [2.24, 2.45) is 0 Å². The number of anilines is 1. The Morgan fingerprint density at radius 3 is 2.03 bits per heavy atom. The van der Waals surface area contributed by atoms with Gasteiger partial charge in [0.1, 0.15) is 0 Å². The van der Waals surface area contributed by atoms with Gasteiger partial charge in [0.05, 0.1) is 25.8 Å². The summed E-state index contributed by atoms with van der Waals surface area (Å²) >= 11 is 0.